The lowest BCUT2D eigenvalue weighted by molar-refractivity contribution is 0.0954. The van der Waals surface area contributed by atoms with E-state index >= 15 is 0 Å². The van der Waals surface area contributed by atoms with Gasteiger partial charge in [0.05, 0.1) is 24.2 Å². The molecule has 0 unspecified atom stereocenters. The van der Waals surface area contributed by atoms with Crippen LogP contribution in [0.4, 0.5) is 5.69 Å². The summed E-state index contributed by atoms with van der Waals surface area (Å²) in [6.07, 6.45) is 7.77. The number of carbonyl (C=O) groups is 1. The van der Waals surface area contributed by atoms with Crippen LogP contribution in [0.2, 0.25) is 0 Å². The van der Waals surface area contributed by atoms with Crippen molar-refractivity contribution in [3.63, 3.8) is 0 Å². The summed E-state index contributed by atoms with van der Waals surface area (Å²) >= 11 is 0. The zero-order valence-electron chi connectivity index (χ0n) is 21.1. The zero-order chi connectivity index (χ0) is 26.1. The van der Waals surface area contributed by atoms with Gasteiger partial charge in [0.1, 0.15) is 5.75 Å². The van der Waals surface area contributed by atoms with Crippen LogP contribution in [0.15, 0.2) is 88.9 Å². The maximum Gasteiger partial charge on any atom is 0.271 e. The Balaban J connectivity index is 1.52. The number of sulfonamides is 1. The van der Waals surface area contributed by atoms with E-state index < -0.39 is 10.0 Å². The maximum absolute atomic E-state index is 13.6. The number of hydrogen-bond acceptors (Lipinski definition) is 5. The number of benzene rings is 3. The lowest BCUT2D eigenvalue weighted by Gasteiger charge is -2.25. The van der Waals surface area contributed by atoms with Gasteiger partial charge in [0.2, 0.25) is 0 Å². The van der Waals surface area contributed by atoms with E-state index in [1.54, 1.807) is 86.0 Å². The average Bonchev–Trinajstić information content (AvgIpc) is 2.92. The molecule has 1 fully saturated rings. The zero-order valence-corrected chi connectivity index (χ0v) is 21.9. The Morgan fingerprint density at radius 3 is 2.11 bits per heavy atom. The molecule has 1 aliphatic rings. The Hall–Kier alpha value is -3.65. The average molecular weight is 520 g/mol. The summed E-state index contributed by atoms with van der Waals surface area (Å²) in [5.41, 5.74) is 5.47. The quantitative estimate of drug-likeness (QED) is 0.374. The van der Waals surface area contributed by atoms with E-state index in [9.17, 15) is 13.2 Å². The molecule has 0 radical (unpaired) electrons. The molecule has 1 saturated carbocycles. The summed E-state index contributed by atoms with van der Waals surface area (Å²) < 4.78 is 33.7. The van der Waals surface area contributed by atoms with Gasteiger partial charge < -0.3 is 4.74 Å². The second kappa shape index (κ2) is 12.5. The van der Waals surface area contributed by atoms with Crippen LogP contribution >= 0.6 is 0 Å². The van der Waals surface area contributed by atoms with E-state index in [2.05, 4.69) is 10.5 Å². The molecular formula is C29H33N3O4S. The lowest BCUT2D eigenvalue weighted by Crippen LogP contribution is -2.30. The van der Waals surface area contributed by atoms with Gasteiger partial charge in [-0.25, -0.2) is 13.8 Å². The molecule has 37 heavy (non-hydrogen) atoms. The summed E-state index contributed by atoms with van der Waals surface area (Å²) in [5.74, 6) is 0.365. The number of hydrazone groups is 1. The molecule has 3 aromatic carbocycles. The lowest BCUT2D eigenvalue weighted by atomic mass is 9.99. The van der Waals surface area contributed by atoms with Gasteiger partial charge in [-0.05, 0) is 79.8 Å². The summed E-state index contributed by atoms with van der Waals surface area (Å²) in [4.78, 5) is 12.9. The molecule has 0 bridgehead atoms. The Morgan fingerprint density at radius 1 is 0.865 bits per heavy atom. The summed E-state index contributed by atoms with van der Waals surface area (Å²) in [6.45, 7) is 0.105. The number of rotatable bonds is 8. The fraction of sp³-hybridized carbons (Fsp3) is 0.310. The minimum Gasteiger partial charge on any atom is -0.497 e. The molecule has 0 spiro atoms. The fourth-order valence-corrected chi connectivity index (χ4v) is 5.80. The molecule has 0 saturated heterocycles. The first-order valence-corrected chi connectivity index (χ1v) is 14.1. The Labute approximate surface area is 219 Å². The van der Waals surface area contributed by atoms with Crippen molar-refractivity contribution in [2.24, 2.45) is 5.10 Å². The first kappa shape index (κ1) is 26.4. The molecular weight excluding hydrogens is 486 g/mol. The van der Waals surface area contributed by atoms with E-state index in [0.29, 0.717) is 17.0 Å². The monoisotopic (exact) mass is 519 g/mol. The number of nitrogens with one attached hydrogen (secondary N) is 1. The highest BCUT2D eigenvalue weighted by Gasteiger charge is 2.25. The van der Waals surface area contributed by atoms with Crippen LogP contribution in [-0.4, -0.2) is 27.1 Å². The van der Waals surface area contributed by atoms with Crippen molar-refractivity contribution in [1.82, 2.24) is 5.43 Å². The molecule has 1 N–H and O–H groups in total. The van der Waals surface area contributed by atoms with Crippen LogP contribution in [0.25, 0.3) is 0 Å². The van der Waals surface area contributed by atoms with Gasteiger partial charge in [0.25, 0.3) is 15.9 Å². The van der Waals surface area contributed by atoms with Crippen LogP contribution in [0.1, 0.15) is 60.9 Å². The molecule has 1 aliphatic carbocycles. The third-order valence-electron chi connectivity index (χ3n) is 6.48. The highest BCUT2D eigenvalue weighted by atomic mass is 32.2. The van der Waals surface area contributed by atoms with Gasteiger partial charge in [0.15, 0.2) is 0 Å². The molecule has 8 heteroatoms. The number of amides is 1. The molecule has 194 valence electrons. The van der Waals surface area contributed by atoms with Crippen molar-refractivity contribution in [2.45, 2.75) is 56.4 Å². The second-order valence-corrected chi connectivity index (χ2v) is 11.0. The van der Waals surface area contributed by atoms with Crippen LogP contribution in [0.3, 0.4) is 0 Å². The number of ether oxygens (including phenoxy) is 1. The normalized spacial score (nSPS) is 14.2. The summed E-state index contributed by atoms with van der Waals surface area (Å²) in [6, 6.07) is 22.2. The van der Waals surface area contributed by atoms with Crippen molar-refractivity contribution in [2.75, 3.05) is 11.4 Å². The first-order valence-electron chi connectivity index (χ1n) is 12.6. The summed E-state index contributed by atoms with van der Waals surface area (Å²) in [7, 11) is -2.27. The van der Waals surface area contributed by atoms with Crippen molar-refractivity contribution in [3.8, 4) is 5.75 Å². The van der Waals surface area contributed by atoms with Crippen molar-refractivity contribution in [1.29, 1.82) is 0 Å². The molecule has 4 rings (SSSR count). The van der Waals surface area contributed by atoms with E-state index in [1.165, 1.54) is 23.6 Å². The van der Waals surface area contributed by atoms with E-state index in [-0.39, 0.29) is 17.3 Å². The van der Waals surface area contributed by atoms with Gasteiger partial charge in [-0.2, -0.15) is 5.10 Å². The van der Waals surface area contributed by atoms with Crippen molar-refractivity contribution >= 4 is 27.3 Å². The van der Waals surface area contributed by atoms with E-state index in [0.717, 1.165) is 37.0 Å². The second-order valence-electron chi connectivity index (χ2n) is 9.11. The first-order chi connectivity index (χ1) is 18.0. The predicted molar refractivity (Wildman–Crippen MR) is 146 cm³/mol. The van der Waals surface area contributed by atoms with Gasteiger partial charge >= 0.3 is 0 Å². The topological polar surface area (TPSA) is 88.1 Å². The number of carbonyl (C=O) groups excluding carboxylic acids is 1. The van der Waals surface area contributed by atoms with Gasteiger partial charge in [-0.3, -0.25) is 9.10 Å². The smallest absolute Gasteiger partial charge is 0.271 e. The molecule has 0 aliphatic heterocycles. The highest BCUT2D eigenvalue weighted by Crippen LogP contribution is 2.28. The maximum atomic E-state index is 13.6. The molecule has 1 amide bonds. The SMILES string of the molecule is COc1ccc(N(Cc2ccc(C(=O)NN=C3CCCCCCC3)cc2)S(=O)(=O)c2ccccc2)cc1. The van der Waals surface area contributed by atoms with E-state index in [4.69, 9.17) is 4.74 Å². The van der Waals surface area contributed by atoms with Crippen LogP contribution < -0.4 is 14.5 Å². The standard InChI is InChI=1S/C29H33N3O4S/c1-36-27-20-18-26(19-21-27)32(37(34,35)28-12-8-5-9-13-28)22-23-14-16-24(17-15-23)29(33)31-30-25-10-6-3-2-4-7-11-25/h5,8-9,12-21H,2-4,6-7,10-11,22H2,1H3,(H,31,33). The molecule has 0 heterocycles. The number of hydrogen-bond donors (Lipinski definition) is 1. The molecule has 0 atom stereocenters. The van der Waals surface area contributed by atoms with Crippen LogP contribution in [0, 0.1) is 0 Å². The highest BCUT2D eigenvalue weighted by molar-refractivity contribution is 7.92. The Kier molecular flexibility index (Phi) is 8.95. The summed E-state index contributed by atoms with van der Waals surface area (Å²) in [5, 5.41) is 4.37. The van der Waals surface area contributed by atoms with Crippen LogP contribution in [-0.2, 0) is 16.6 Å². The fourth-order valence-electron chi connectivity index (χ4n) is 4.33. The molecule has 7 nitrogen and oxygen atoms in total. The predicted octanol–water partition coefficient (Wildman–Crippen LogP) is 5.92. The molecule has 0 aromatic heterocycles. The largest absolute Gasteiger partial charge is 0.497 e. The third kappa shape index (κ3) is 6.98. The third-order valence-corrected chi connectivity index (χ3v) is 8.27. The van der Waals surface area contributed by atoms with E-state index in [1.807, 2.05) is 0 Å². The number of nitrogens with zero attached hydrogens (tertiary/aromatic N) is 2. The minimum absolute atomic E-state index is 0.105. The van der Waals surface area contributed by atoms with Crippen molar-refractivity contribution < 1.29 is 17.9 Å². The Bertz CT molecular complexity index is 1300. The van der Waals surface area contributed by atoms with Crippen LogP contribution in [0.5, 0.6) is 5.75 Å². The number of methoxy groups -OCH3 is 1. The van der Waals surface area contributed by atoms with Gasteiger partial charge in [0, 0.05) is 11.3 Å². The van der Waals surface area contributed by atoms with Gasteiger partial charge in [-0.15, -0.1) is 0 Å². The van der Waals surface area contributed by atoms with Gasteiger partial charge in [-0.1, -0.05) is 49.6 Å². The minimum atomic E-state index is -3.83. The Morgan fingerprint density at radius 2 is 1.49 bits per heavy atom. The number of anilines is 1. The molecule has 3 aromatic rings. The van der Waals surface area contributed by atoms with Crippen molar-refractivity contribution in [3.05, 3.63) is 90.0 Å².